The molecule has 0 aromatic rings. The highest BCUT2D eigenvalue weighted by molar-refractivity contribution is 5.85. The van der Waals surface area contributed by atoms with Gasteiger partial charge in [0.05, 0.1) is 0 Å². The molecule has 0 spiro atoms. The predicted molar refractivity (Wildman–Crippen MR) is 56.4 cm³/mol. The normalized spacial score (nSPS) is 40.6. The molecule has 3 nitrogen and oxygen atoms in total. The summed E-state index contributed by atoms with van der Waals surface area (Å²) in [5, 5.41) is 8.80. The fraction of sp³-hybridized carbons (Fsp3) is 0.900. The number of carbonyl (C=O) groups is 1. The summed E-state index contributed by atoms with van der Waals surface area (Å²) >= 11 is 0. The van der Waals surface area contributed by atoms with Gasteiger partial charge in [-0.05, 0) is 36.0 Å². The second-order valence-corrected chi connectivity index (χ2v) is 5.23. The number of halogens is 1. The number of hydrogen-bond acceptors (Lipinski definition) is 2. The molecule has 14 heavy (non-hydrogen) atoms. The van der Waals surface area contributed by atoms with Gasteiger partial charge in [0.15, 0.2) is 0 Å². The molecule has 82 valence electrons. The second-order valence-electron chi connectivity index (χ2n) is 5.23. The topological polar surface area (TPSA) is 63.3 Å². The summed E-state index contributed by atoms with van der Waals surface area (Å²) in [5.74, 6) is -0.160. The minimum atomic E-state index is -0.836. The first kappa shape index (κ1) is 11.8. The summed E-state index contributed by atoms with van der Waals surface area (Å²) in [6.45, 7) is 4.44. The van der Waals surface area contributed by atoms with E-state index >= 15 is 0 Å². The lowest BCUT2D eigenvalue weighted by molar-refractivity contribution is -0.241. The number of rotatable bonds is 3. The molecule has 3 aliphatic carbocycles. The van der Waals surface area contributed by atoms with Crippen molar-refractivity contribution < 1.29 is 9.90 Å². The number of carboxylic acids is 1. The highest BCUT2D eigenvalue weighted by Gasteiger charge is 2.71. The van der Waals surface area contributed by atoms with Gasteiger partial charge in [-0.2, -0.15) is 0 Å². The maximum atomic E-state index is 10.7. The van der Waals surface area contributed by atoms with Crippen LogP contribution >= 0.6 is 12.4 Å². The van der Waals surface area contributed by atoms with Gasteiger partial charge in [0.1, 0.15) is 6.04 Å². The van der Waals surface area contributed by atoms with Gasteiger partial charge >= 0.3 is 5.97 Å². The van der Waals surface area contributed by atoms with Gasteiger partial charge in [0, 0.05) is 0 Å². The predicted octanol–water partition coefficient (Wildman–Crippen LogP) is 1.65. The van der Waals surface area contributed by atoms with E-state index in [1.807, 2.05) is 0 Å². The fourth-order valence-electron chi connectivity index (χ4n) is 3.15. The number of nitrogens with two attached hydrogens (primary N) is 1. The van der Waals surface area contributed by atoms with Gasteiger partial charge in [-0.1, -0.05) is 13.8 Å². The van der Waals surface area contributed by atoms with Crippen LogP contribution in [-0.2, 0) is 4.79 Å². The maximum Gasteiger partial charge on any atom is 0.321 e. The van der Waals surface area contributed by atoms with Gasteiger partial charge in [-0.3, -0.25) is 4.79 Å². The van der Waals surface area contributed by atoms with Crippen LogP contribution in [0.4, 0.5) is 0 Å². The average molecular weight is 220 g/mol. The van der Waals surface area contributed by atoms with Crippen molar-refractivity contribution in [2.24, 2.45) is 22.5 Å². The van der Waals surface area contributed by atoms with Crippen LogP contribution in [0.2, 0.25) is 0 Å². The van der Waals surface area contributed by atoms with Crippen LogP contribution in [0, 0.1) is 16.7 Å². The van der Waals surface area contributed by atoms with E-state index in [0.717, 1.165) is 19.3 Å². The van der Waals surface area contributed by atoms with Crippen molar-refractivity contribution in [2.75, 3.05) is 0 Å². The van der Waals surface area contributed by atoms with E-state index in [4.69, 9.17) is 10.8 Å². The zero-order valence-corrected chi connectivity index (χ0v) is 9.43. The maximum absolute atomic E-state index is 10.7. The zero-order valence-electron chi connectivity index (χ0n) is 8.62. The summed E-state index contributed by atoms with van der Waals surface area (Å²) in [7, 11) is 0. The van der Waals surface area contributed by atoms with Crippen LogP contribution in [0.5, 0.6) is 0 Å². The molecule has 3 saturated carbocycles. The Hall–Kier alpha value is -0.280. The quantitative estimate of drug-likeness (QED) is 0.759. The molecule has 1 atom stereocenters. The molecule has 3 aliphatic rings. The first-order chi connectivity index (χ1) is 5.92. The molecule has 0 aromatic heterocycles. The summed E-state index contributed by atoms with van der Waals surface area (Å²) in [6.07, 6.45) is 3.10. The molecule has 0 aliphatic heterocycles. The molecule has 0 saturated heterocycles. The van der Waals surface area contributed by atoms with E-state index in [0.29, 0.717) is 11.3 Å². The summed E-state index contributed by atoms with van der Waals surface area (Å²) in [6, 6.07) is -0.631. The van der Waals surface area contributed by atoms with Crippen molar-refractivity contribution in [3.05, 3.63) is 0 Å². The molecule has 0 amide bonds. The highest BCUT2D eigenvalue weighted by Crippen LogP contribution is 2.77. The van der Waals surface area contributed by atoms with Gasteiger partial charge in [0.25, 0.3) is 0 Å². The number of carboxylic acid groups (broad SMARTS) is 1. The third kappa shape index (κ3) is 1.18. The third-order valence-electron chi connectivity index (χ3n) is 4.26. The lowest BCUT2D eigenvalue weighted by Gasteiger charge is -2.74. The Bertz CT molecular complexity index is 245. The molecule has 3 rings (SSSR count). The van der Waals surface area contributed by atoms with E-state index in [1.54, 1.807) is 0 Å². The highest BCUT2D eigenvalue weighted by atomic mass is 35.5. The van der Waals surface area contributed by atoms with Crippen LogP contribution in [0.15, 0.2) is 0 Å². The SMILES string of the molecule is CC(C)C12CC(C(N)C(=O)O)(C1)C2.Cl. The van der Waals surface area contributed by atoms with Crippen molar-refractivity contribution >= 4 is 18.4 Å². The number of aliphatic carboxylic acids is 1. The van der Waals surface area contributed by atoms with Crippen molar-refractivity contribution in [1.82, 2.24) is 0 Å². The molecule has 0 aromatic carbocycles. The van der Waals surface area contributed by atoms with Crippen LogP contribution in [0.25, 0.3) is 0 Å². The summed E-state index contributed by atoms with van der Waals surface area (Å²) < 4.78 is 0. The Kier molecular flexibility index (Phi) is 2.62. The van der Waals surface area contributed by atoms with Gasteiger partial charge in [0.2, 0.25) is 0 Å². The van der Waals surface area contributed by atoms with E-state index in [2.05, 4.69) is 13.8 Å². The molecule has 2 bridgehead atoms. The zero-order chi connectivity index (χ0) is 9.85. The van der Waals surface area contributed by atoms with Crippen LogP contribution in [0.3, 0.4) is 0 Å². The monoisotopic (exact) mass is 219 g/mol. The largest absolute Gasteiger partial charge is 0.480 e. The first-order valence-corrected chi connectivity index (χ1v) is 4.90. The average Bonchev–Trinajstić information content (AvgIpc) is 1.79. The Balaban J connectivity index is 0.000000980. The minimum Gasteiger partial charge on any atom is -0.480 e. The molecule has 3 fully saturated rings. The Labute approximate surface area is 90.5 Å². The third-order valence-corrected chi connectivity index (χ3v) is 4.26. The fourth-order valence-corrected chi connectivity index (χ4v) is 3.15. The minimum absolute atomic E-state index is 0. The van der Waals surface area contributed by atoms with Gasteiger partial charge < -0.3 is 10.8 Å². The smallest absolute Gasteiger partial charge is 0.321 e. The Morgan fingerprint density at radius 2 is 1.71 bits per heavy atom. The van der Waals surface area contributed by atoms with E-state index in [9.17, 15) is 4.79 Å². The summed E-state index contributed by atoms with van der Waals surface area (Å²) in [4.78, 5) is 10.7. The lowest BCUT2D eigenvalue weighted by Crippen LogP contribution is -2.71. The van der Waals surface area contributed by atoms with Crippen molar-refractivity contribution in [3.63, 3.8) is 0 Å². The molecule has 0 heterocycles. The first-order valence-electron chi connectivity index (χ1n) is 4.90. The molecule has 1 unspecified atom stereocenters. The van der Waals surface area contributed by atoms with Crippen LogP contribution in [0.1, 0.15) is 33.1 Å². The lowest BCUT2D eigenvalue weighted by atomic mass is 9.30. The standard InChI is InChI=1S/C10H17NO2.ClH/c1-6(2)9-3-10(4-9,5-9)7(11)8(12)13;/h6-7H,3-5,11H2,1-2H3,(H,12,13);1H. The molecule has 0 radical (unpaired) electrons. The summed E-state index contributed by atoms with van der Waals surface area (Å²) in [5.41, 5.74) is 6.07. The van der Waals surface area contributed by atoms with Crippen molar-refractivity contribution in [2.45, 2.75) is 39.2 Å². The molecule has 3 N–H and O–H groups in total. The van der Waals surface area contributed by atoms with Crippen LogP contribution in [-0.4, -0.2) is 17.1 Å². The number of hydrogen-bond donors (Lipinski definition) is 2. The molecular formula is C10H18ClNO2. The van der Waals surface area contributed by atoms with Crippen molar-refractivity contribution in [1.29, 1.82) is 0 Å². The van der Waals surface area contributed by atoms with Crippen molar-refractivity contribution in [3.8, 4) is 0 Å². The molecular weight excluding hydrogens is 202 g/mol. The van der Waals surface area contributed by atoms with Gasteiger partial charge in [-0.15, -0.1) is 12.4 Å². The van der Waals surface area contributed by atoms with E-state index in [-0.39, 0.29) is 17.8 Å². The Morgan fingerprint density at radius 3 is 2.00 bits per heavy atom. The van der Waals surface area contributed by atoms with Gasteiger partial charge in [-0.25, -0.2) is 0 Å². The van der Waals surface area contributed by atoms with Crippen LogP contribution < -0.4 is 5.73 Å². The Morgan fingerprint density at radius 1 is 1.29 bits per heavy atom. The molecule has 4 heteroatoms. The van der Waals surface area contributed by atoms with E-state index in [1.165, 1.54) is 0 Å². The second kappa shape index (κ2) is 3.11. The van der Waals surface area contributed by atoms with E-state index < -0.39 is 12.0 Å².